The molecule has 1 aliphatic heterocycles. The molecule has 0 atom stereocenters. The lowest BCUT2D eigenvalue weighted by Gasteiger charge is -2.11. The van der Waals surface area contributed by atoms with E-state index >= 15 is 0 Å². The molecule has 2 N–H and O–H groups in total. The standard InChI is InChI=1S/C25H21N3O2S/c1-3-14-28-24(30)19(23(29)27-25(28)31)15-20-22(18-12-8-5-9-13-18)21(16(2)26-20)17-10-6-4-7-11-17/h3-13,15,30H,1,14H2,2H3,(H,27,29,31). The van der Waals surface area contributed by atoms with E-state index in [1.54, 1.807) is 12.2 Å². The number of hydrogen-bond acceptors (Lipinski definition) is 4. The molecule has 0 saturated carbocycles. The van der Waals surface area contributed by atoms with Crippen LogP contribution in [0.25, 0.3) is 17.2 Å². The Labute approximate surface area is 185 Å². The predicted molar refractivity (Wildman–Crippen MR) is 129 cm³/mol. The van der Waals surface area contributed by atoms with Gasteiger partial charge in [-0.3, -0.25) is 19.3 Å². The van der Waals surface area contributed by atoms with Crippen LogP contribution < -0.4 is 5.56 Å². The molecule has 0 radical (unpaired) electrons. The average molecular weight is 428 g/mol. The molecule has 0 bridgehead atoms. The Kier molecular flexibility index (Phi) is 5.64. The summed E-state index contributed by atoms with van der Waals surface area (Å²) in [6, 6.07) is 19.9. The summed E-state index contributed by atoms with van der Waals surface area (Å²) in [7, 11) is 0. The lowest BCUT2D eigenvalue weighted by Crippen LogP contribution is -2.16. The van der Waals surface area contributed by atoms with Crippen molar-refractivity contribution < 1.29 is 5.11 Å². The van der Waals surface area contributed by atoms with Crippen LogP contribution in [0.5, 0.6) is 5.88 Å². The summed E-state index contributed by atoms with van der Waals surface area (Å²) in [5.74, 6) is -0.213. The fourth-order valence-electron chi connectivity index (χ4n) is 3.70. The van der Waals surface area contributed by atoms with Crippen molar-refractivity contribution in [1.29, 1.82) is 0 Å². The number of aromatic amines is 1. The van der Waals surface area contributed by atoms with Gasteiger partial charge in [0.15, 0.2) is 4.77 Å². The normalized spacial score (nSPS) is 14.7. The van der Waals surface area contributed by atoms with Gasteiger partial charge < -0.3 is 5.11 Å². The van der Waals surface area contributed by atoms with Gasteiger partial charge in [-0.2, -0.15) is 0 Å². The van der Waals surface area contributed by atoms with Crippen molar-refractivity contribution in [2.45, 2.75) is 13.5 Å². The molecular weight excluding hydrogens is 406 g/mol. The molecule has 0 saturated heterocycles. The van der Waals surface area contributed by atoms with Gasteiger partial charge in [0.05, 0.1) is 5.70 Å². The van der Waals surface area contributed by atoms with Gasteiger partial charge in [0, 0.05) is 23.4 Å². The van der Waals surface area contributed by atoms with Crippen molar-refractivity contribution in [3.05, 3.63) is 111 Å². The quantitative estimate of drug-likeness (QED) is 0.433. The summed E-state index contributed by atoms with van der Waals surface area (Å²) in [6.07, 6.45) is 3.22. The molecule has 5 nitrogen and oxygen atoms in total. The first-order valence-corrected chi connectivity index (χ1v) is 10.2. The first-order chi connectivity index (χ1) is 15.0. The van der Waals surface area contributed by atoms with E-state index in [-0.39, 0.29) is 22.8 Å². The number of rotatable bonds is 5. The van der Waals surface area contributed by atoms with E-state index in [4.69, 9.17) is 17.2 Å². The summed E-state index contributed by atoms with van der Waals surface area (Å²) >= 11 is 5.18. The van der Waals surface area contributed by atoms with Crippen LogP contribution in [-0.2, 0) is 6.54 Å². The van der Waals surface area contributed by atoms with E-state index in [2.05, 4.69) is 11.6 Å². The van der Waals surface area contributed by atoms with Crippen LogP contribution in [0.4, 0.5) is 0 Å². The van der Waals surface area contributed by atoms with E-state index in [9.17, 15) is 9.90 Å². The van der Waals surface area contributed by atoms with Crippen LogP contribution in [0.3, 0.4) is 0 Å². The minimum atomic E-state index is -0.469. The summed E-state index contributed by atoms with van der Waals surface area (Å²) in [5.41, 5.74) is 4.98. The number of nitrogens with zero attached hydrogens (tertiary/aromatic N) is 2. The zero-order chi connectivity index (χ0) is 22.0. The van der Waals surface area contributed by atoms with Crippen molar-refractivity contribution in [2.75, 3.05) is 0 Å². The van der Waals surface area contributed by atoms with Crippen LogP contribution in [0, 0.1) is 4.77 Å². The topological polar surface area (TPSA) is 70.4 Å². The number of nitrogens with one attached hydrogen (secondary N) is 1. The van der Waals surface area contributed by atoms with Crippen LogP contribution >= 0.6 is 12.2 Å². The van der Waals surface area contributed by atoms with Crippen molar-refractivity contribution >= 4 is 35.2 Å². The highest BCUT2D eigenvalue weighted by atomic mass is 32.1. The van der Waals surface area contributed by atoms with Crippen LogP contribution in [0.15, 0.2) is 88.8 Å². The highest BCUT2D eigenvalue weighted by Crippen LogP contribution is 2.40. The SMILES string of the molecule is C=CCn1c(O)c(C=C2N=C(C)C(c3ccccc3)=C2c2ccccc2)c(=O)[nH]c1=S. The number of aliphatic imine (C=N–C) groups is 1. The van der Waals surface area contributed by atoms with E-state index in [1.165, 1.54) is 4.57 Å². The van der Waals surface area contributed by atoms with Crippen LogP contribution in [-0.4, -0.2) is 20.4 Å². The van der Waals surface area contributed by atoms with Crippen molar-refractivity contribution in [1.82, 2.24) is 9.55 Å². The lowest BCUT2D eigenvalue weighted by molar-refractivity contribution is 0.412. The van der Waals surface area contributed by atoms with Crippen LogP contribution in [0.2, 0.25) is 0 Å². The summed E-state index contributed by atoms with van der Waals surface area (Å²) in [5, 5.41) is 10.8. The Bertz CT molecular complexity index is 1360. The first kappa shape index (κ1) is 20.5. The minimum absolute atomic E-state index is 0.102. The Morgan fingerprint density at radius 3 is 2.23 bits per heavy atom. The van der Waals surface area contributed by atoms with Crippen molar-refractivity contribution in [3.8, 4) is 5.88 Å². The van der Waals surface area contributed by atoms with Gasteiger partial charge in [-0.15, -0.1) is 6.58 Å². The van der Waals surface area contributed by atoms with E-state index < -0.39 is 5.56 Å². The lowest BCUT2D eigenvalue weighted by atomic mass is 9.92. The minimum Gasteiger partial charge on any atom is -0.494 e. The number of H-pyrrole nitrogens is 1. The number of aromatic nitrogens is 2. The third kappa shape index (κ3) is 3.85. The average Bonchev–Trinajstić information content (AvgIpc) is 3.11. The fourth-order valence-corrected chi connectivity index (χ4v) is 3.96. The second kappa shape index (κ2) is 8.53. The molecule has 1 aliphatic rings. The maximum absolute atomic E-state index is 12.7. The second-order valence-corrected chi connectivity index (χ2v) is 7.49. The van der Waals surface area contributed by atoms with Gasteiger partial charge >= 0.3 is 0 Å². The molecule has 0 unspecified atom stereocenters. The highest BCUT2D eigenvalue weighted by molar-refractivity contribution is 7.71. The summed E-state index contributed by atoms with van der Waals surface area (Å²) in [4.78, 5) is 20.0. The summed E-state index contributed by atoms with van der Waals surface area (Å²) in [6.45, 7) is 5.90. The molecule has 154 valence electrons. The molecule has 31 heavy (non-hydrogen) atoms. The van der Waals surface area contributed by atoms with Crippen molar-refractivity contribution in [3.63, 3.8) is 0 Å². The van der Waals surface area contributed by atoms with Gasteiger partial charge in [-0.1, -0.05) is 66.7 Å². The molecule has 2 heterocycles. The van der Waals surface area contributed by atoms with Gasteiger partial charge in [0.25, 0.3) is 5.56 Å². The zero-order valence-corrected chi connectivity index (χ0v) is 17.8. The number of hydrogen-bond donors (Lipinski definition) is 2. The molecule has 1 aromatic heterocycles. The zero-order valence-electron chi connectivity index (χ0n) is 17.0. The number of aromatic hydroxyl groups is 1. The molecule has 0 spiro atoms. The molecule has 2 aromatic carbocycles. The highest BCUT2D eigenvalue weighted by Gasteiger charge is 2.24. The van der Waals surface area contributed by atoms with E-state index in [0.29, 0.717) is 5.70 Å². The Morgan fingerprint density at radius 2 is 1.65 bits per heavy atom. The molecular formula is C25H21N3O2S. The number of benzene rings is 2. The molecule has 0 aliphatic carbocycles. The van der Waals surface area contributed by atoms with Gasteiger partial charge in [-0.05, 0) is 36.3 Å². The smallest absolute Gasteiger partial charge is 0.262 e. The maximum atomic E-state index is 12.7. The largest absolute Gasteiger partial charge is 0.494 e. The Hall–Kier alpha value is -3.77. The molecule has 6 heteroatoms. The fraction of sp³-hybridized carbons (Fsp3) is 0.0800. The van der Waals surface area contributed by atoms with Crippen molar-refractivity contribution in [2.24, 2.45) is 4.99 Å². The second-order valence-electron chi connectivity index (χ2n) is 7.10. The maximum Gasteiger partial charge on any atom is 0.262 e. The molecule has 0 amide bonds. The summed E-state index contributed by atoms with van der Waals surface area (Å²) < 4.78 is 1.56. The monoisotopic (exact) mass is 427 g/mol. The Morgan fingerprint density at radius 1 is 1.06 bits per heavy atom. The van der Waals surface area contributed by atoms with Gasteiger partial charge in [-0.25, -0.2) is 0 Å². The van der Waals surface area contributed by atoms with Gasteiger partial charge in [0.1, 0.15) is 5.56 Å². The molecule has 3 aromatic rings. The first-order valence-electron chi connectivity index (χ1n) is 9.81. The van der Waals surface area contributed by atoms with Gasteiger partial charge in [0.2, 0.25) is 5.88 Å². The van der Waals surface area contributed by atoms with E-state index in [1.807, 2.05) is 67.6 Å². The third-order valence-corrected chi connectivity index (χ3v) is 5.40. The number of allylic oxidation sites excluding steroid dienone is 3. The molecule has 0 fully saturated rings. The Balaban J connectivity index is 1.99. The van der Waals surface area contributed by atoms with E-state index in [0.717, 1.165) is 28.0 Å². The predicted octanol–water partition coefficient (Wildman–Crippen LogP) is 5.22. The van der Waals surface area contributed by atoms with Crippen LogP contribution in [0.1, 0.15) is 23.6 Å². The third-order valence-electron chi connectivity index (χ3n) is 5.08. The molecule has 4 rings (SSSR count).